The maximum Gasteiger partial charge on any atom is 0.330 e. The summed E-state index contributed by atoms with van der Waals surface area (Å²) < 4.78 is 29.3. The van der Waals surface area contributed by atoms with Crippen LogP contribution in [0.25, 0.3) is 6.08 Å². The van der Waals surface area contributed by atoms with Crippen LogP contribution < -0.4 is 0 Å². The molecule has 2 heterocycles. The van der Waals surface area contributed by atoms with Crippen LogP contribution in [0, 0.1) is 28.1 Å². The van der Waals surface area contributed by atoms with Crippen LogP contribution in [0.5, 0.6) is 5.75 Å². The van der Waals surface area contributed by atoms with E-state index in [9.17, 15) is 50.4 Å². The predicted octanol–water partition coefficient (Wildman–Crippen LogP) is 1.21. The molecule has 6 aliphatic rings. The second-order valence-electron chi connectivity index (χ2n) is 17.6. The van der Waals surface area contributed by atoms with Crippen LogP contribution in [0.4, 0.5) is 0 Å². The monoisotopic (exact) mass is 788 g/mol. The van der Waals surface area contributed by atoms with Gasteiger partial charge in [-0.1, -0.05) is 32.1 Å². The molecule has 1 spiro atoms. The standard InChI is InChI=1S/C41H56O15/c1-21-17-40-15-11-26-38(2,13-4-14-39(26,3)37(51)55-35-33(49)31(47)29(45)24(18-42)53-35)27(40)12-16-41(21,20-40)56-36-34(50)32(48)30(46)25(54-36)19-52-28(44)10-7-22-5-8-23(43)9-6-22/h5-10,24-27,29-36,42-43,45-50H,1,4,11-20H2,2-3H3/b10-7+/t24-,25-,26+,27+,29-,30-,31+,32+,33-,34-,35+,36+,38-,39-,40-,41+/m1/s1. The van der Waals surface area contributed by atoms with Gasteiger partial charge in [-0.25, -0.2) is 4.79 Å². The van der Waals surface area contributed by atoms with Crippen molar-refractivity contribution >= 4 is 18.0 Å². The molecule has 7 rings (SSSR count). The van der Waals surface area contributed by atoms with Crippen molar-refractivity contribution in [1.82, 2.24) is 0 Å². The number of rotatable bonds is 9. The fourth-order valence-corrected chi connectivity index (χ4v) is 11.5. The lowest BCUT2D eigenvalue weighted by Gasteiger charge is -2.64. The molecule has 2 bridgehead atoms. The highest BCUT2D eigenvalue weighted by atomic mass is 16.7. The van der Waals surface area contributed by atoms with Gasteiger partial charge in [0.1, 0.15) is 61.2 Å². The van der Waals surface area contributed by atoms with Crippen LogP contribution >= 0.6 is 0 Å². The van der Waals surface area contributed by atoms with E-state index in [4.69, 9.17) is 23.7 Å². The topological polar surface area (TPSA) is 242 Å². The quantitative estimate of drug-likeness (QED) is 0.0759. The number of benzene rings is 1. The summed E-state index contributed by atoms with van der Waals surface area (Å²) >= 11 is 0. The molecule has 15 heteroatoms. The maximum absolute atomic E-state index is 14.1. The zero-order valence-electron chi connectivity index (χ0n) is 31.8. The third kappa shape index (κ3) is 7.01. The van der Waals surface area contributed by atoms with Gasteiger partial charge in [-0.2, -0.15) is 0 Å². The minimum absolute atomic E-state index is 0.0846. The van der Waals surface area contributed by atoms with E-state index in [2.05, 4.69) is 13.5 Å². The number of phenols is 1. The lowest BCUT2D eigenvalue weighted by Crippen LogP contribution is -2.63. The van der Waals surface area contributed by atoms with Crippen LogP contribution in [0.1, 0.15) is 77.2 Å². The maximum atomic E-state index is 14.1. The molecule has 16 atom stereocenters. The van der Waals surface area contributed by atoms with Crippen molar-refractivity contribution in [3.8, 4) is 5.75 Å². The van der Waals surface area contributed by atoms with E-state index in [1.165, 1.54) is 24.3 Å². The Labute approximate surface area is 325 Å². The Hall–Kier alpha value is -2.96. The molecule has 15 nitrogen and oxygen atoms in total. The summed E-state index contributed by atoms with van der Waals surface area (Å²) in [6.07, 6.45) is -6.18. The van der Waals surface area contributed by atoms with Crippen molar-refractivity contribution in [3.05, 3.63) is 48.1 Å². The highest BCUT2D eigenvalue weighted by Crippen LogP contribution is 2.73. The lowest BCUT2D eigenvalue weighted by molar-refractivity contribution is -0.327. The molecule has 56 heavy (non-hydrogen) atoms. The molecule has 8 N–H and O–H groups in total. The van der Waals surface area contributed by atoms with E-state index in [0.29, 0.717) is 37.7 Å². The molecule has 0 radical (unpaired) electrons. The highest BCUT2D eigenvalue weighted by molar-refractivity contribution is 5.87. The second-order valence-corrected chi connectivity index (χ2v) is 17.6. The Kier molecular flexibility index (Phi) is 11.3. The van der Waals surface area contributed by atoms with E-state index >= 15 is 0 Å². The molecule has 4 saturated carbocycles. The Morgan fingerprint density at radius 2 is 1.48 bits per heavy atom. The third-order valence-corrected chi connectivity index (χ3v) is 14.4. The minimum atomic E-state index is -1.69. The van der Waals surface area contributed by atoms with Gasteiger partial charge in [-0.15, -0.1) is 0 Å². The van der Waals surface area contributed by atoms with Crippen LogP contribution in [-0.2, 0) is 33.3 Å². The van der Waals surface area contributed by atoms with E-state index in [-0.39, 0.29) is 28.4 Å². The molecule has 1 aromatic carbocycles. The fraction of sp³-hybridized carbons (Fsp3) is 0.707. The number of fused-ring (bicyclic) bond motifs is 3. The molecule has 0 unspecified atom stereocenters. The first kappa shape index (κ1) is 41.2. The normalized spacial score (nSPS) is 46.2. The first-order chi connectivity index (χ1) is 26.5. The Morgan fingerprint density at radius 1 is 0.839 bits per heavy atom. The van der Waals surface area contributed by atoms with Crippen molar-refractivity contribution in [1.29, 1.82) is 0 Å². The largest absolute Gasteiger partial charge is 0.508 e. The van der Waals surface area contributed by atoms with Crippen molar-refractivity contribution in [2.75, 3.05) is 13.2 Å². The average Bonchev–Trinajstić information content (AvgIpc) is 3.37. The molecule has 6 fully saturated rings. The Balaban J connectivity index is 1.02. The van der Waals surface area contributed by atoms with E-state index < -0.39 is 97.6 Å². The number of esters is 2. The number of hydrogen-bond acceptors (Lipinski definition) is 15. The number of carbonyl (C=O) groups is 2. The zero-order valence-corrected chi connectivity index (χ0v) is 31.8. The van der Waals surface area contributed by atoms with Crippen molar-refractivity contribution in [3.63, 3.8) is 0 Å². The van der Waals surface area contributed by atoms with Gasteiger partial charge in [-0.05, 0) is 110 Å². The zero-order chi connectivity index (χ0) is 40.4. The van der Waals surface area contributed by atoms with Crippen molar-refractivity contribution < 1.29 is 74.1 Å². The predicted molar refractivity (Wildman–Crippen MR) is 195 cm³/mol. The number of hydrogen-bond donors (Lipinski definition) is 8. The van der Waals surface area contributed by atoms with E-state index in [1.54, 1.807) is 12.1 Å². The minimum Gasteiger partial charge on any atom is -0.508 e. The second kappa shape index (κ2) is 15.3. The van der Waals surface area contributed by atoms with Crippen LogP contribution in [0.2, 0.25) is 0 Å². The van der Waals surface area contributed by atoms with Gasteiger partial charge in [-0.3, -0.25) is 4.79 Å². The Morgan fingerprint density at radius 3 is 2.18 bits per heavy atom. The van der Waals surface area contributed by atoms with Gasteiger partial charge < -0.3 is 64.5 Å². The number of aliphatic hydroxyl groups excluding tert-OH is 7. The summed E-state index contributed by atoms with van der Waals surface area (Å²) in [7, 11) is 0. The molecule has 4 aliphatic carbocycles. The Bertz CT molecular complexity index is 1670. The summed E-state index contributed by atoms with van der Waals surface area (Å²) in [5.41, 5.74) is -0.841. The molecule has 310 valence electrons. The summed E-state index contributed by atoms with van der Waals surface area (Å²) in [5, 5.41) is 82.9. The number of carbonyl (C=O) groups excluding carboxylic acids is 2. The smallest absolute Gasteiger partial charge is 0.330 e. The SMILES string of the molecule is C=C1C[C@@]23CC[C@H]4[C@@](C)(CCC[C@@]4(C)C(=O)O[C@@H]4O[C@H](CO)[C@@H](O)[C@H](O)[C@H]4O)[C@@H]2CC[C@]1(O[C@@H]1O[C@H](COC(=O)/C=C/c2ccc(O)cc2)[C@@H](O)[C@H](O)[C@H]1O)C3. The number of aromatic hydroxyl groups is 1. The fourth-order valence-electron chi connectivity index (χ4n) is 11.5. The number of phenolic OH excluding ortho intramolecular Hbond substituents is 1. The van der Waals surface area contributed by atoms with Gasteiger partial charge in [0, 0.05) is 6.08 Å². The summed E-state index contributed by atoms with van der Waals surface area (Å²) in [6, 6.07) is 6.19. The first-order valence-corrected chi connectivity index (χ1v) is 19.7. The number of aliphatic hydroxyl groups is 7. The third-order valence-electron chi connectivity index (χ3n) is 14.4. The van der Waals surface area contributed by atoms with Gasteiger partial charge in [0.15, 0.2) is 6.29 Å². The lowest BCUT2D eigenvalue weighted by atomic mass is 9.41. The molecular formula is C41H56O15. The van der Waals surface area contributed by atoms with E-state index in [0.717, 1.165) is 31.3 Å². The number of ether oxygens (including phenoxy) is 5. The average molecular weight is 789 g/mol. The van der Waals surface area contributed by atoms with E-state index in [1.807, 2.05) is 6.92 Å². The summed E-state index contributed by atoms with van der Waals surface area (Å²) in [4.78, 5) is 26.6. The molecular weight excluding hydrogens is 732 g/mol. The van der Waals surface area contributed by atoms with Crippen LogP contribution in [0.15, 0.2) is 42.5 Å². The highest BCUT2D eigenvalue weighted by Gasteiger charge is 2.69. The van der Waals surface area contributed by atoms with Gasteiger partial charge in [0.25, 0.3) is 0 Å². The van der Waals surface area contributed by atoms with Crippen molar-refractivity contribution in [2.45, 2.75) is 139 Å². The van der Waals surface area contributed by atoms with Crippen LogP contribution in [0.3, 0.4) is 0 Å². The van der Waals surface area contributed by atoms with Crippen LogP contribution in [-0.4, -0.2) is 133 Å². The van der Waals surface area contributed by atoms with Gasteiger partial charge in [0.2, 0.25) is 6.29 Å². The molecule has 0 amide bonds. The molecule has 2 saturated heterocycles. The molecule has 0 aromatic heterocycles. The summed E-state index contributed by atoms with van der Waals surface area (Å²) in [6.45, 7) is 7.54. The summed E-state index contributed by atoms with van der Waals surface area (Å²) in [5.74, 6) is -1.10. The van der Waals surface area contributed by atoms with Gasteiger partial charge in [0.05, 0.1) is 17.6 Å². The van der Waals surface area contributed by atoms with Gasteiger partial charge >= 0.3 is 11.9 Å². The first-order valence-electron chi connectivity index (χ1n) is 19.7. The molecule has 1 aromatic rings. The van der Waals surface area contributed by atoms with Crippen molar-refractivity contribution in [2.24, 2.45) is 28.1 Å². The molecule has 2 aliphatic heterocycles.